The Labute approximate surface area is 114 Å². The number of H-pyrrole nitrogens is 1. The van der Waals surface area contributed by atoms with Crippen molar-refractivity contribution < 1.29 is 9.90 Å². The molecule has 0 aliphatic heterocycles. The topological polar surface area (TPSA) is 75.1 Å². The number of hydrogen-bond acceptors (Lipinski definition) is 3. The fourth-order valence-corrected chi connectivity index (χ4v) is 2.43. The van der Waals surface area contributed by atoms with Gasteiger partial charge in [-0.05, 0) is 30.3 Å². The van der Waals surface area contributed by atoms with E-state index < -0.39 is 12.0 Å². The largest absolute Gasteiger partial charge is 0.480 e. The van der Waals surface area contributed by atoms with Gasteiger partial charge in [0.15, 0.2) is 4.77 Å². The van der Waals surface area contributed by atoms with Crippen molar-refractivity contribution in [2.24, 2.45) is 5.92 Å². The van der Waals surface area contributed by atoms with Crippen LogP contribution in [0, 0.1) is 10.7 Å². The molecule has 1 heterocycles. The summed E-state index contributed by atoms with van der Waals surface area (Å²) in [5, 5.41) is 9.73. The molecule has 0 radical (unpaired) electrons. The molecule has 0 unspecified atom stereocenters. The van der Waals surface area contributed by atoms with E-state index in [1.807, 2.05) is 0 Å². The monoisotopic (exact) mass is 278 g/mol. The van der Waals surface area contributed by atoms with Gasteiger partial charge in [0, 0.05) is 0 Å². The number of nitrogens with one attached hydrogen (secondary N) is 1. The summed E-state index contributed by atoms with van der Waals surface area (Å²) in [4.78, 5) is 26.7. The van der Waals surface area contributed by atoms with Crippen molar-refractivity contribution in [3.8, 4) is 0 Å². The molecule has 0 bridgehead atoms. The zero-order chi connectivity index (χ0) is 14.2. The summed E-state index contributed by atoms with van der Waals surface area (Å²) in [5.74, 6) is -1.31. The van der Waals surface area contributed by atoms with E-state index in [-0.39, 0.29) is 16.2 Å². The highest BCUT2D eigenvalue weighted by atomic mass is 32.1. The molecule has 0 fully saturated rings. The molecule has 1 aromatic heterocycles. The van der Waals surface area contributed by atoms with Gasteiger partial charge in [0.25, 0.3) is 5.56 Å². The van der Waals surface area contributed by atoms with Crippen molar-refractivity contribution in [3.05, 3.63) is 39.4 Å². The van der Waals surface area contributed by atoms with Crippen molar-refractivity contribution in [2.45, 2.75) is 19.9 Å². The molecule has 1 aromatic carbocycles. The van der Waals surface area contributed by atoms with Crippen LogP contribution < -0.4 is 5.56 Å². The number of benzene rings is 1. The predicted molar refractivity (Wildman–Crippen MR) is 74.9 cm³/mol. The van der Waals surface area contributed by atoms with Gasteiger partial charge in [0.1, 0.15) is 6.04 Å². The lowest BCUT2D eigenvalue weighted by Gasteiger charge is -2.19. The Morgan fingerprint density at radius 3 is 2.58 bits per heavy atom. The molecule has 100 valence electrons. The van der Waals surface area contributed by atoms with Crippen LogP contribution in [0.4, 0.5) is 0 Å². The van der Waals surface area contributed by atoms with Crippen LogP contribution in [-0.4, -0.2) is 20.6 Å². The first kappa shape index (κ1) is 13.5. The Balaban J connectivity index is 2.84. The molecule has 2 rings (SSSR count). The van der Waals surface area contributed by atoms with E-state index in [1.54, 1.807) is 38.1 Å². The van der Waals surface area contributed by atoms with Gasteiger partial charge in [-0.1, -0.05) is 26.0 Å². The van der Waals surface area contributed by atoms with Crippen molar-refractivity contribution in [1.29, 1.82) is 0 Å². The number of para-hydroxylation sites is 1. The molecule has 0 aliphatic rings. The summed E-state index contributed by atoms with van der Waals surface area (Å²) in [5.41, 5.74) is 0.238. The second-order valence-corrected chi connectivity index (χ2v) is 5.06. The molecule has 0 saturated heterocycles. The molecular formula is C13H14N2O3S. The summed E-state index contributed by atoms with van der Waals surface area (Å²) < 4.78 is 1.27. The number of carboxylic acid groups (broad SMARTS) is 1. The van der Waals surface area contributed by atoms with E-state index >= 15 is 0 Å². The second-order valence-electron chi connectivity index (χ2n) is 4.68. The quantitative estimate of drug-likeness (QED) is 0.845. The summed E-state index contributed by atoms with van der Waals surface area (Å²) in [6.45, 7) is 3.49. The third kappa shape index (κ3) is 2.31. The van der Waals surface area contributed by atoms with Crippen LogP contribution in [-0.2, 0) is 4.79 Å². The van der Waals surface area contributed by atoms with Gasteiger partial charge in [-0.3, -0.25) is 9.36 Å². The number of fused-ring (bicyclic) bond motifs is 1. The highest BCUT2D eigenvalue weighted by Gasteiger charge is 2.26. The first-order valence-corrected chi connectivity index (χ1v) is 6.30. The van der Waals surface area contributed by atoms with E-state index in [1.165, 1.54) is 0 Å². The number of nitrogens with zero attached hydrogens (tertiary/aromatic N) is 1. The smallest absolute Gasteiger partial charge is 0.327 e. The van der Waals surface area contributed by atoms with Crippen LogP contribution in [0.3, 0.4) is 0 Å². The molecule has 1 atom stereocenters. The fourth-order valence-electron chi connectivity index (χ4n) is 2.12. The summed E-state index contributed by atoms with van der Waals surface area (Å²) in [6, 6.07) is 5.94. The van der Waals surface area contributed by atoms with Gasteiger partial charge in [-0.25, -0.2) is 4.79 Å². The minimum atomic E-state index is -1.06. The maximum atomic E-state index is 12.4. The van der Waals surface area contributed by atoms with Gasteiger partial charge in [0.05, 0.1) is 10.9 Å². The van der Waals surface area contributed by atoms with E-state index in [4.69, 9.17) is 12.2 Å². The minimum absolute atomic E-state index is 0.129. The molecule has 5 nitrogen and oxygen atoms in total. The van der Waals surface area contributed by atoms with E-state index in [0.29, 0.717) is 10.9 Å². The minimum Gasteiger partial charge on any atom is -0.480 e. The van der Waals surface area contributed by atoms with E-state index in [9.17, 15) is 14.7 Å². The zero-order valence-electron chi connectivity index (χ0n) is 10.6. The molecule has 2 N–H and O–H groups in total. The first-order chi connectivity index (χ1) is 8.93. The molecule has 19 heavy (non-hydrogen) atoms. The Morgan fingerprint density at radius 2 is 2.00 bits per heavy atom. The number of carboxylic acids is 1. The third-order valence-electron chi connectivity index (χ3n) is 3.00. The summed E-state index contributed by atoms with van der Waals surface area (Å²) in [6.07, 6.45) is 0. The lowest BCUT2D eigenvalue weighted by molar-refractivity contribution is -0.142. The Morgan fingerprint density at radius 1 is 1.37 bits per heavy atom. The number of rotatable bonds is 3. The van der Waals surface area contributed by atoms with Crippen LogP contribution in [0.25, 0.3) is 10.9 Å². The van der Waals surface area contributed by atoms with E-state index in [0.717, 1.165) is 4.57 Å². The SMILES string of the molecule is CC(C)[C@@H](C(=O)O)n1c(=S)[nH]c2ccccc2c1=O. The highest BCUT2D eigenvalue weighted by Crippen LogP contribution is 2.18. The fraction of sp³-hybridized carbons (Fsp3) is 0.308. The van der Waals surface area contributed by atoms with Crippen LogP contribution >= 0.6 is 12.2 Å². The van der Waals surface area contributed by atoms with Gasteiger partial charge in [-0.15, -0.1) is 0 Å². The van der Waals surface area contributed by atoms with Crippen molar-refractivity contribution in [3.63, 3.8) is 0 Å². The lowest BCUT2D eigenvalue weighted by atomic mass is 10.0. The summed E-state index contributed by atoms with van der Waals surface area (Å²) >= 11 is 5.13. The Hall–Kier alpha value is -1.95. The molecule has 0 saturated carbocycles. The normalized spacial score (nSPS) is 12.8. The molecule has 6 heteroatoms. The van der Waals surface area contributed by atoms with Gasteiger partial charge in [-0.2, -0.15) is 0 Å². The van der Waals surface area contributed by atoms with Crippen LogP contribution in [0.15, 0.2) is 29.1 Å². The van der Waals surface area contributed by atoms with Crippen molar-refractivity contribution in [1.82, 2.24) is 9.55 Å². The first-order valence-electron chi connectivity index (χ1n) is 5.90. The maximum absolute atomic E-state index is 12.4. The third-order valence-corrected chi connectivity index (χ3v) is 3.30. The number of aliphatic carboxylic acids is 1. The molecule has 0 spiro atoms. The molecule has 0 aliphatic carbocycles. The average Bonchev–Trinajstić information content (AvgIpc) is 2.33. The van der Waals surface area contributed by atoms with Crippen LogP contribution in [0.2, 0.25) is 0 Å². The summed E-state index contributed by atoms with van der Waals surface area (Å²) in [7, 11) is 0. The average molecular weight is 278 g/mol. The van der Waals surface area contributed by atoms with Gasteiger partial charge >= 0.3 is 5.97 Å². The predicted octanol–water partition coefficient (Wildman–Crippen LogP) is 2.34. The standard InChI is InChI=1S/C13H14N2O3S/c1-7(2)10(12(17)18)15-11(16)8-5-3-4-6-9(8)14-13(15)19/h3-7,10H,1-2H3,(H,14,19)(H,17,18)/t10-/m0/s1. The Bertz CT molecular complexity index is 745. The number of hydrogen-bond donors (Lipinski definition) is 2. The maximum Gasteiger partial charge on any atom is 0.327 e. The van der Waals surface area contributed by atoms with Crippen molar-refractivity contribution in [2.75, 3.05) is 0 Å². The van der Waals surface area contributed by atoms with Gasteiger partial charge in [0.2, 0.25) is 0 Å². The Kier molecular flexibility index (Phi) is 3.53. The number of aromatic amines is 1. The molecule has 0 amide bonds. The molecular weight excluding hydrogens is 264 g/mol. The van der Waals surface area contributed by atoms with Crippen LogP contribution in [0.5, 0.6) is 0 Å². The number of carbonyl (C=O) groups is 1. The van der Waals surface area contributed by atoms with E-state index in [2.05, 4.69) is 4.98 Å². The zero-order valence-corrected chi connectivity index (χ0v) is 11.4. The van der Waals surface area contributed by atoms with Gasteiger partial charge < -0.3 is 10.1 Å². The number of aromatic nitrogens is 2. The lowest BCUT2D eigenvalue weighted by Crippen LogP contribution is -2.34. The van der Waals surface area contributed by atoms with Crippen LogP contribution in [0.1, 0.15) is 19.9 Å². The van der Waals surface area contributed by atoms with Crippen molar-refractivity contribution >= 4 is 29.1 Å². The highest BCUT2D eigenvalue weighted by molar-refractivity contribution is 7.71. The molecule has 2 aromatic rings. The second kappa shape index (κ2) is 4.97.